The van der Waals surface area contributed by atoms with E-state index in [4.69, 9.17) is 0 Å². The minimum absolute atomic E-state index is 0.277. The molecule has 1 aromatic carbocycles. The number of piperazine rings is 1. The Morgan fingerprint density at radius 2 is 2.10 bits per heavy atom. The number of benzene rings is 1. The molecule has 0 spiro atoms. The van der Waals surface area contributed by atoms with Gasteiger partial charge < -0.3 is 10.0 Å². The van der Waals surface area contributed by atoms with E-state index in [9.17, 15) is 9.50 Å². The number of aliphatic hydroxyl groups is 1. The maximum atomic E-state index is 13.4. The van der Waals surface area contributed by atoms with Crippen LogP contribution in [0.25, 0.3) is 0 Å². The number of hydrogen-bond donors (Lipinski definition) is 1. The molecule has 2 heterocycles. The molecule has 3 nitrogen and oxygen atoms in total. The van der Waals surface area contributed by atoms with E-state index in [0.29, 0.717) is 11.6 Å². The van der Waals surface area contributed by atoms with Gasteiger partial charge in [0, 0.05) is 36.9 Å². The minimum Gasteiger partial charge on any atom is -0.389 e. The Labute approximate surface area is 120 Å². The first-order chi connectivity index (χ1) is 9.65. The van der Waals surface area contributed by atoms with Gasteiger partial charge in [0.25, 0.3) is 0 Å². The molecule has 110 valence electrons. The van der Waals surface area contributed by atoms with Crippen molar-refractivity contribution in [2.75, 3.05) is 31.1 Å². The van der Waals surface area contributed by atoms with Gasteiger partial charge >= 0.3 is 0 Å². The molecule has 0 radical (unpaired) electrons. The third kappa shape index (κ3) is 2.67. The molecule has 4 heteroatoms. The molecule has 0 saturated carbocycles. The van der Waals surface area contributed by atoms with Crippen LogP contribution in [0.5, 0.6) is 0 Å². The molecule has 1 N–H and O–H groups in total. The van der Waals surface area contributed by atoms with Crippen LogP contribution in [0.15, 0.2) is 18.2 Å². The van der Waals surface area contributed by atoms with Crippen molar-refractivity contribution >= 4 is 5.69 Å². The van der Waals surface area contributed by atoms with Gasteiger partial charge in [-0.05, 0) is 44.5 Å². The SMILES string of the molecule is CC(O)c1cc(F)ccc1N1CCN2CCCCC2C1. The Bertz CT molecular complexity index is 478. The minimum atomic E-state index is -0.634. The van der Waals surface area contributed by atoms with Gasteiger partial charge in [-0.2, -0.15) is 0 Å². The fraction of sp³-hybridized carbons (Fsp3) is 0.625. The summed E-state index contributed by atoms with van der Waals surface area (Å²) in [4.78, 5) is 4.89. The fourth-order valence-electron chi connectivity index (χ4n) is 3.52. The summed E-state index contributed by atoms with van der Waals surface area (Å²) >= 11 is 0. The molecular weight excluding hydrogens is 255 g/mol. The van der Waals surface area contributed by atoms with Gasteiger partial charge in [-0.1, -0.05) is 6.42 Å². The predicted octanol–water partition coefficient (Wildman–Crippen LogP) is 2.55. The number of piperidine rings is 1. The molecule has 2 saturated heterocycles. The highest BCUT2D eigenvalue weighted by Crippen LogP contribution is 2.30. The van der Waals surface area contributed by atoms with Crippen LogP contribution < -0.4 is 4.90 Å². The molecule has 2 unspecified atom stereocenters. The normalized spacial score (nSPS) is 25.4. The summed E-state index contributed by atoms with van der Waals surface area (Å²) in [5.41, 5.74) is 1.70. The summed E-state index contributed by atoms with van der Waals surface area (Å²) in [6, 6.07) is 5.39. The topological polar surface area (TPSA) is 26.7 Å². The molecule has 20 heavy (non-hydrogen) atoms. The predicted molar refractivity (Wildman–Crippen MR) is 78.5 cm³/mol. The number of fused-ring (bicyclic) bond motifs is 1. The van der Waals surface area contributed by atoms with Crippen molar-refractivity contribution in [3.05, 3.63) is 29.6 Å². The Morgan fingerprint density at radius 3 is 2.90 bits per heavy atom. The molecule has 0 aliphatic carbocycles. The second-order valence-corrected chi connectivity index (χ2v) is 6.01. The van der Waals surface area contributed by atoms with Crippen molar-refractivity contribution < 1.29 is 9.50 Å². The summed E-state index contributed by atoms with van der Waals surface area (Å²) in [5, 5.41) is 9.89. The zero-order valence-electron chi connectivity index (χ0n) is 12.1. The fourth-order valence-corrected chi connectivity index (χ4v) is 3.52. The number of anilines is 1. The van der Waals surface area contributed by atoms with Crippen molar-refractivity contribution in [3.8, 4) is 0 Å². The van der Waals surface area contributed by atoms with Crippen LogP contribution in [-0.4, -0.2) is 42.2 Å². The van der Waals surface area contributed by atoms with E-state index in [1.807, 2.05) is 6.07 Å². The lowest BCUT2D eigenvalue weighted by Crippen LogP contribution is -2.55. The third-order valence-electron chi connectivity index (χ3n) is 4.62. The Kier molecular flexibility index (Phi) is 3.94. The maximum absolute atomic E-state index is 13.4. The van der Waals surface area contributed by atoms with Crippen LogP contribution in [0.2, 0.25) is 0 Å². The first kappa shape index (κ1) is 13.8. The molecule has 0 amide bonds. The highest BCUT2D eigenvalue weighted by molar-refractivity contribution is 5.55. The van der Waals surface area contributed by atoms with Gasteiger partial charge in [0.05, 0.1) is 6.10 Å². The second-order valence-electron chi connectivity index (χ2n) is 6.01. The summed E-state index contributed by atoms with van der Waals surface area (Å²) in [7, 11) is 0. The number of halogens is 1. The first-order valence-corrected chi connectivity index (χ1v) is 7.61. The van der Waals surface area contributed by atoms with E-state index in [0.717, 1.165) is 25.3 Å². The van der Waals surface area contributed by atoms with Gasteiger partial charge in [0.15, 0.2) is 0 Å². The zero-order valence-corrected chi connectivity index (χ0v) is 12.1. The highest BCUT2D eigenvalue weighted by Gasteiger charge is 2.30. The van der Waals surface area contributed by atoms with Gasteiger partial charge in [-0.15, -0.1) is 0 Å². The van der Waals surface area contributed by atoms with E-state index < -0.39 is 6.10 Å². The largest absolute Gasteiger partial charge is 0.389 e. The standard InChI is InChI=1S/C16H23FN2O/c1-12(20)15-10-13(17)5-6-16(15)19-9-8-18-7-3-2-4-14(18)11-19/h5-6,10,12,14,20H,2-4,7-9,11H2,1H3. The second kappa shape index (κ2) is 5.70. The molecule has 2 atom stereocenters. The Morgan fingerprint density at radius 1 is 1.25 bits per heavy atom. The molecule has 2 aliphatic heterocycles. The summed E-state index contributed by atoms with van der Waals surface area (Å²) in [6.07, 6.45) is 3.24. The number of nitrogens with zero attached hydrogens (tertiary/aromatic N) is 2. The smallest absolute Gasteiger partial charge is 0.123 e. The quantitative estimate of drug-likeness (QED) is 0.900. The summed E-state index contributed by atoms with van der Waals surface area (Å²) in [5.74, 6) is -0.277. The van der Waals surface area contributed by atoms with Crippen molar-refractivity contribution in [2.45, 2.75) is 38.3 Å². The van der Waals surface area contributed by atoms with E-state index in [1.54, 1.807) is 6.92 Å². The van der Waals surface area contributed by atoms with E-state index in [2.05, 4.69) is 9.80 Å². The van der Waals surface area contributed by atoms with E-state index in [1.165, 1.54) is 37.9 Å². The maximum Gasteiger partial charge on any atom is 0.123 e. The zero-order chi connectivity index (χ0) is 14.1. The van der Waals surface area contributed by atoms with E-state index in [-0.39, 0.29) is 5.82 Å². The molecule has 1 aromatic rings. The van der Waals surface area contributed by atoms with Crippen LogP contribution in [0.3, 0.4) is 0 Å². The van der Waals surface area contributed by atoms with Crippen LogP contribution in [0.4, 0.5) is 10.1 Å². The first-order valence-electron chi connectivity index (χ1n) is 7.61. The van der Waals surface area contributed by atoms with Crippen molar-refractivity contribution in [1.29, 1.82) is 0 Å². The average molecular weight is 278 g/mol. The van der Waals surface area contributed by atoms with Crippen molar-refractivity contribution in [3.63, 3.8) is 0 Å². The van der Waals surface area contributed by atoms with Crippen molar-refractivity contribution in [2.24, 2.45) is 0 Å². The lowest BCUT2D eigenvalue weighted by molar-refractivity contribution is 0.133. The summed E-state index contributed by atoms with van der Waals surface area (Å²) < 4.78 is 13.4. The molecular formula is C16H23FN2O. The van der Waals surface area contributed by atoms with Crippen LogP contribution in [0, 0.1) is 5.82 Å². The molecule has 3 rings (SSSR count). The number of aliphatic hydroxyl groups excluding tert-OH is 1. The third-order valence-corrected chi connectivity index (χ3v) is 4.62. The Balaban J connectivity index is 1.82. The summed E-state index contributed by atoms with van der Waals surface area (Å²) in [6.45, 7) is 5.94. The Hall–Kier alpha value is -1.13. The van der Waals surface area contributed by atoms with Gasteiger partial charge in [-0.3, -0.25) is 4.90 Å². The van der Waals surface area contributed by atoms with Crippen LogP contribution in [-0.2, 0) is 0 Å². The average Bonchev–Trinajstić information content (AvgIpc) is 2.46. The molecule has 2 fully saturated rings. The lowest BCUT2D eigenvalue weighted by atomic mass is 9.98. The van der Waals surface area contributed by atoms with Crippen LogP contribution in [0.1, 0.15) is 37.9 Å². The molecule has 0 bridgehead atoms. The van der Waals surface area contributed by atoms with Crippen LogP contribution >= 0.6 is 0 Å². The molecule has 0 aromatic heterocycles. The van der Waals surface area contributed by atoms with Gasteiger partial charge in [0.1, 0.15) is 5.82 Å². The van der Waals surface area contributed by atoms with Crippen molar-refractivity contribution in [1.82, 2.24) is 4.90 Å². The van der Waals surface area contributed by atoms with Gasteiger partial charge in [0.2, 0.25) is 0 Å². The monoisotopic (exact) mass is 278 g/mol. The van der Waals surface area contributed by atoms with Gasteiger partial charge in [-0.25, -0.2) is 4.39 Å². The number of rotatable bonds is 2. The van der Waals surface area contributed by atoms with E-state index >= 15 is 0 Å². The highest BCUT2D eigenvalue weighted by atomic mass is 19.1. The lowest BCUT2D eigenvalue weighted by Gasteiger charge is -2.45. The molecule has 2 aliphatic rings. The number of hydrogen-bond acceptors (Lipinski definition) is 3.